The Morgan fingerprint density at radius 3 is 2.59 bits per heavy atom. The Balaban J connectivity index is 1.47. The fourth-order valence-electron chi connectivity index (χ4n) is 2.94. The van der Waals surface area contributed by atoms with Gasteiger partial charge in [0.1, 0.15) is 5.82 Å². The highest BCUT2D eigenvalue weighted by molar-refractivity contribution is 5.40. The maximum absolute atomic E-state index is 4.27. The van der Waals surface area contributed by atoms with Crippen LogP contribution in [0.3, 0.4) is 0 Å². The van der Waals surface area contributed by atoms with Crippen LogP contribution in [0.25, 0.3) is 5.69 Å². The molecule has 0 unspecified atom stereocenters. The van der Waals surface area contributed by atoms with Crippen LogP contribution >= 0.6 is 0 Å². The van der Waals surface area contributed by atoms with Gasteiger partial charge in [0.25, 0.3) is 0 Å². The maximum atomic E-state index is 4.27. The van der Waals surface area contributed by atoms with Crippen LogP contribution in [0.1, 0.15) is 22.5 Å². The largest absolute Gasteiger partial charge is 0.349 e. The molecular formula is C20H21N7. The predicted octanol–water partition coefficient (Wildman–Crippen LogP) is 3.14. The molecule has 136 valence electrons. The van der Waals surface area contributed by atoms with Crippen LogP contribution in [0, 0.1) is 13.8 Å². The first-order chi connectivity index (χ1) is 13.2. The molecule has 0 aliphatic heterocycles. The van der Waals surface area contributed by atoms with E-state index in [4.69, 9.17) is 0 Å². The van der Waals surface area contributed by atoms with Crippen molar-refractivity contribution in [3.05, 3.63) is 83.4 Å². The van der Waals surface area contributed by atoms with Gasteiger partial charge in [0.15, 0.2) is 0 Å². The topological polar surface area (TPSA) is 73.5 Å². The Morgan fingerprint density at radius 2 is 1.81 bits per heavy atom. The lowest BCUT2D eigenvalue weighted by Gasteiger charge is -2.10. The SMILES string of the molecule is Cc1ccc(-n2nnnc2NCc2cccc(Cn3ccnc3C)c2)cc1. The summed E-state index contributed by atoms with van der Waals surface area (Å²) >= 11 is 0. The van der Waals surface area contributed by atoms with Crippen LogP contribution in [0.15, 0.2) is 60.9 Å². The first kappa shape index (κ1) is 17.0. The zero-order valence-electron chi connectivity index (χ0n) is 15.4. The van der Waals surface area contributed by atoms with Gasteiger partial charge >= 0.3 is 0 Å². The zero-order valence-corrected chi connectivity index (χ0v) is 15.4. The molecule has 0 atom stereocenters. The van der Waals surface area contributed by atoms with Gasteiger partial charge in [-0.2, -0.15) is 4.68 Å². The van der Waals surface area contributed by atoms with Gasteiger partial charge < -0.3 is 9.88 Å². The van der Waals surface area contributed by atoms with Crippen molar-refractivity contribution in [2.75, 3.05) is 5.32 Å². The second-order valence-electron chi connectivity index (χ2n) is 6.53. The number of hydrogen-bond donors (Lipinski definition) is 1. The maximum Gasteiger partial charge on any atom is 0.248 e. The highest BCUT2D eigenvalue weighted by Crippen LogP contribution is 2.14. The number of aryl methyl sites for hydroxylation is 2. The molecule has 4 rings (SSSR count). The van der Waals surface area contributed by atoms with Crippen LogP contribution in [0.5, 0.6) is 0 Å². The van der Waals surface area contributed by atoms with Gasteiger partial charge in [-0.3, -0.25) is 0 Å². The molecule has 1 N–H and O–H groups in total. The third-order valence-electron chi connectivity index (χ3n) is 4.47. The summed E-state index contributed by atoms with van der Waals surface area (Å²) in [5.74, 6) is 1.63. The highest BCUT2D eigenvalue weighted by atomic mass is 15.6. The van der Waals surface area contributed by atoms with Gasteiger partial charge in [0.2, 0.25) is 5.95 Å². The van der Waals surface area contributed by atoms with E-state index < -0.39 is 0 Å². The number of imidazole rings is 1. The number of hydrogen-bond acceptors (Lipinski definition) is 5. The van der Waals surface area contributed by atoms with Crippen LogP contribution in [0.2, 0.25) is 0 Å². The average Bonchev–Trinajstić information content (AvgIpc) is 3.30. The van der Waals surface area contributed by atoms with E-state index >= 15 is 0 Å². The number of nitrogens with zero attached hydrogens (tertiary/aromatic N) is 6. The summed E-state index contributed by atoms with van der Waals surface area (Å²) in [5.41, 5.74) is 4.53. The van der Waals surface area contributed by atoms with Crippen molar-refractivity contribution in [2.24, 2.45) is 0 Å². The minimum atomic E-state index is 0.620. The van der Waals surface area contributed by atoms with Gasteiger partial charge in [-0.15, -0.1) is 0 Å². The lowest BCUT2D eigenvalue weighted by atomic mass is 10.1. The third-order valence-corrected chi connectivity index (χ3v) is 4.47. The summed E-state index contributed by atoms with van der Waals surface area (Å²) in [6.45, 7) is 5.51. The van der Waals surface area contributed by atoms with E-state index in [-0.39, 0.29) is 0 Å². The van der Waals surface area contributed by atoms with Gasteiger partial charge in [-0.1, -0.05) is 47.1 Å². The van der Waals surface area contributed by atoms with E-state index in [0.29, 0.717) is 12.5 Å². The third kappa shape index (κ3) is 3.87. The summed E-state index contributed by atoms with van der Waals surface area (Å²) in [5, 5.41) is 15.3. The number of tetrazole rings is 1. The van der Waals surface area contributed by atoms with Crippen molar-refractivity contribution in [3.8, 4) is 5.69 Å². The van der Waals surface area contributed by atoms with Crippen LogP contribution in [-0.2, 0) is 13.1 Å². The monoisotopic (exact) mass is 359 g/mol. The number of aromatic nitrogens is 6. The molecule has 2 heterocycles. The number of nitrogens with one attached hydrogen (secondary N) is 1. The zero-order chi connectivity index (χ0) is 18.6. The standard InChI is InChI=1S/C20H21N7/c1-15-6-8-19(9-7-15)27-20(23-24-25-27)22-13-17-4-3-5-18(12-17)14-26-11-10-21-16(26)2/h3-12H,13-14H2,1-2H3,(H,22,23,25). The molecule has 0 saturated heterocycles. The Bertz CT molecular complexity index is 1030. The summed E-state index contributed by atoms with van der Waals surface area (Å²) in [6, 6.07) is 16.6. The molecule has 0 bridgehead atoms. The van der Waals surface area contributed by atoms with Crippen molar-refractivity contribution >= 4 is 5.95 Å². The summed E-state index contributed by atoms with van der Waals surface area (Å²) in [6.07, 6.45) is 3.82. The molecular weight excluding hydrogens is 338 g/mol. The molecule has 7 heteroatoms. The van der Waals surface area contributed by atoms with E-state index in [1.54, 1.807) is 4.68 Å². The molecule has 7 nitrogen and oxygen atoms in total. The summed E-state index contributed by atoms with van der Waals surface area (Å²) in [7, 11) is 0. The summed E-state index contributed by atoms with van der Waals surface area (Å²) < 4.78 is 3.84. The smallest absolute Gasteiger partial charge is 0.248 e. The minimum Gasteiger partial charge on any atom is -0.349 e. The minimum absolute atomic E-state index is 0.620. The molecule has 0 aliphatic rings. The lowest BCUT2D eigenvalue weighted by molar-refractivity contribution is 0.760. The number of benzene rings is 2. The van der Waals surface area contributed by atoms with E-state index in [1.165, 1.54) is 16.7 Å². The van der Waals surface area contributed by atoms with E-state index in [1.807, 2.05) is 43.6 Å². The van der Waals surface area contributed by atoms with Crippen LogP contribution < -0.4 is 5.32 Å². The highest BCUT2D eigenvalue weighted by Gasteiger charge is 2.08. The van der Waals surface area contributed by atoms with Gasteiger partial charge in [0, 0.05) is 25.5 Å². The normalized spacial score (nSPS) is 10.9. The average molecular weight is 359 g/mol. The van der Waals surface area contributed by atoms with Gasteiger partial charge in [-0.25, -0.2) is 4.98 Å². The second kappa shape index (κ2) is 7.41. The van der Waals surface area contributed by atoms with Crippen molar-refractivity contribution in [3.63, 3.8) is 0 Å². The number of anilines is 1. The Kier molecular flexibility index (Phi) is 4.65. The van der Waals surface area contributed by atoms with E-state index in [9.17, 15) is 0 Å². The Labute approximate surface area is 157 Å². The lowest BCUT2D eigenvalue weighted by Crippen LogP contribution is -2.08. The van der Waals surface area contributed by atoms with Crippen molar-refractivity contribution in [2.45, 2.75) is 26.9 Å². The second-order valence-corrected chi connectivity index (χ2v) is 6.53. The van der Waals surface area contributed by atoms with Gasteiger partial charge in [0.05, 0.1) is 5.69 Å². The molecule has 4 aromatic rings. The predicted molar refractivity (Wildman–Crippen MR) is 104 cm³/mol. The molecule has 0 aliphatic carbocycles. The Hall–Kier alpha value is -3.48. The molecule has 0 saturated carbocycles. The molecule has 0 spiro atoms. The number of rotatable bonds is 6. The first-order valence-corrected chi connectivity index (χ1v) is 8.84. The quantitative estimate of drug-likeness (QED) is 0.572. The fourth-order valence-corrected chi connectivity index (χ4v) is 2.94. The molecule has 2 aromatic heterocycles. The fraction of sp³-hybridized carbons (Fsp3) is 0.200. The summed E-state index contributed by atoms with van der Waals surface area (Å²) in [4.78, 5) is 4.27. The van der Waals surface area contributed by atoms with Crippen molar-refractivity contribution in [1.82, 2.24) is 29.8 Å². The van der Waals surface area contributed by atoms with E-state index in [0.717, 1.165) is 18.1 Å². The van der Waals surface area contributed by atoms with Crippen molar-refractivity contribution < 1.29 is 0 Å². The van der Waals surface area contributed by atoms with Crippen molar-refractivity contribution in [1.29, 1.82) is 0 Å². The molecule has 0 fully saturated rings. The molecule has 0 radical (unpaired) electrons. The first-order valence-electron chi connectivity index (χ1n) is 8.84. The molecule has 27 heavy (non-hydrogen) atoms. The molecule has 2 aromatic carbocycles. The van der Waals surface area contributed by atoms with Crippen LogP contribution in [0.4, 0.5) is 5.95 Å². The van der Waals surface area contributed by atoms with Crippen LogP contribution in [-0.4, -0.2) is 29.8 Å². The van der Waals surface area contributed by atoms with E-state index in [2.05, 4.69) is 61.6 Å². The Morgan fingerprint density at radius 1 is 1.00 bits per heavy atom. The molecule has 0 amide bonds. The van der Waals surface area contributed by atoms with Gasteiger partial charge in [-0.05, 0) is 47.5 Å².